The highest BCUT2D eigenvalue weighted by molar-refractivity contribution is 6.06. The molecule has 0 radical (unpaired) electrons. The van der Waals surface area contributed by atoms with Crippen LogP contribution in [-0.2, 0) is 9.53 Å². The summed E-state index contributed by atoms with van der Waals surface area (Å²) in [6, 6.07) is 6.31. The molecule has 1 fully saturated rings. The molecule has 31 heavy (non-hydrogen) atoms. The number of nitrogens with one attached hydrogen (secondary N) is 3. The lowest BCUT2D eigenvalue weighted by molar-refractivity contribution is -0.120. The van der Waals surface area contributed by atoms with Gasteiger partial charge in [0, 0.05) is 37.3 Å². The monoisotopic (exact) mass is 432 g/mol. The van der Waals surface area contributed by atoms with E-state index in [1.807, 2.05) is 20.8 Å². The first-order valence-electron chi connectivity index (χ1n) is 10.6. The zero-order valence-corrected chi connectivity index (χ0v) is 18.5. The number of hydrogen-bond donors (Lipinski definition) is 3. The number of amides is 5. The van der Waals surface area contributed by atoms with E-state index in [-0.39, 0.29) is 18.2 Å². The van der Waals surface area contributed by atoms with Crippen LogP contribution in [0.3, 0.4) is 0 Å². The molecule has 1 aliphatic heterocycles. The van der Waals surface area contributed by atoms with Crippen molar-refractivity contribution < 1.29 is 23.9 Å². The van der Waals surface area contributed by atoms with E-state index in [1.54, 1.807) is 24.3 Å². The van der Waals surface area contributed by atoms with E-state index in [1.165, 1.54) is 4.90 Å². The third-order valence-electron chi connectivity index (χ3n) is 4.53. The molecule has 2 rings (SSSR count). The molecule has 170 valence electrons. The summed E-state index contributed by atoms with van der Waals surface area (Å²) in [5.41, 5.74) is 0.542. The Morgan fingerprint density at radius 1 is 1.06 bits per heavy atom. The average molecular weight is 433 g/mol. The van der Waals surface area contributed by atoms with Gasteiger partial charge in [0.25, 0.3) is 5.91 Å². The number of carbonyl (C=O) groups excluding carboxylic acids is 4. The van der Waals surface area contributed by atoms with Crippen molar-refractivity contribution in [3.8, 4) is 0 Å². The van der Waals surface area contributed by atoms with Crippen molar-refractivity contribution in [1.82, 2.24) is 16.0 Å². The van der Waals surface area contributed by atoms with Crippen LogP contribution in [0.5, 0.6) is 0 Å². The lowest BCUT2D eigenvalue weighted by atomic mass is 10.1. The Morgan fingerprint density at radius 3 is 2.39 bits per heavy atom. The molecule has 9 heteroatoms. The average Bonchev–Trinajstić information content (AvgIpc) is 2.68. The maximum atomic E-state index is 12.4. The van der Waals surface area contributed by atoms with Crippen LogP contribution in [0.1, 0.15) is 63.2 Å². The van der Waals surface area contributed by atoms with Crippen molar-refractivity contribution in [3.63, 3.8) is 0 Å². The SMILES string of the molecule is CC(C)(C)OC(=O)NCCCCCCNC(=O)c1cccc(N2CCC(=O)NC2=O)c1. The molecular formula is C22H32N4O5. The van der Waals surface area contributed by atoms with Gasteiger partial charge in [-0.3, -0.25) is 19.8 Å². The molecule has 1 saturated heterocycles. The number of nitrogens with zero attached hydrogens (tertiary/aromatic N) is 1. The van der Waals surface area contributed by atoms with Gasteiger partial charge in [0.15, 0.2) is 0 Å². The fraction of sp³-hybridized carbons (Fsp3) is 0.545. The summed E-state index contributed by atoms with van der Waals surface area (Å²) in [6.07, 6.45) is 3.36. The van der Waals surface area contributed by atoms with Gasteiger partial charge in [0.05, 0.1) is 0 Å². The van der Waals surface area contributed by atoms with Gasteiger partial charge < -0.3 is 15.4 Å². The Bertz CT molecular complexity index is 803. The fourth-order valence-electron chi connectivity index (χ4n) is 3.04. The highest BCUT2D eigenvalue weighted by Crippen LogP contribution is 2.18. The molecule has 3 N–H and O–H groups in total. The van der Waals surface area contributed by atoms with E-state index in [0.29, 0.717) is 30.9 Å². The molecule has 0 unspecified atom stereocenters. The van der Waals surface area contributed by atoms with Crippen molar-refractivity contribution in [3.05, 3.63) is 29.8 Å². The molecule has 0 aromatic heterocycles. The second-order valence-corrected chi connectivity index (χ2v) is 8.40. The molecular weight excluding hydrogens is 400 g/mol. The summed E-state index contributed by atoms with van der Waals surface area (Å²) in [4.78, 5) is 48.6. The van der Waals surface area contributed by atoms with Crippen molar-refractivity contribution in [2.75, 3.05) is 24.5 Å². The zero-order chi connectivity index (χ0) is 22.9. The first-order valence-corrected chi connectivity index (χ1v) is 10.6. The predicted octanol–water partition coefficient (Wildman–Crippen LogP) is 2.95. The van der Waals surface area contributed by atoms with Crippen molar-refractivity contribution in [1.29, 1.82) is 0 Å². The second kappa shape index (κ2) is 11.3. The summed E-state index contributed by atoms with van der Waals surface area (Å²) in [5.74, 6) is -0.502. The van der Waals surface area contributed by atoms with E-state index in [9.17, 15) is 19.2 Å². The minimum Gasteiger partial charge on any atom is -0.444 e. The highest BCUT2D eigenvalue weighted by Gasteiger charge is 2.24. The number of ether oxygens (including phenoxy) is 1. The number of anilines is 1. The lowest BCUT2D eigenvalue weighted by Crippen LogP contribution is -2.49. The molecule has 0 spiro atoms. The quantitative estimate of drug-likeness (QED) is 0.519. The van der Waals surface area contributed by atoms with E-state index < -0.39 is 17.7 Å². The van der Waals surface area contributed by atoms with Gasteiger partial charge >= 0.3 is 12.1 Å². The van der Waals surface area contributed by atoms with E-state index in [0.717, 1.165) is 25.7 Å². The summed E-state index contributed by atoms with van der Waals surface area (Å²) in [7, 11) is 0. The number of rotatable bonds is 9. The number of imide groups is 1. The van der Waals surface area contributed by atoms with E-state index in [2.05, 4.69) is 16.0 Å². The third-order valence-corrected chi connectivity index (χ3v) is 4.53. The van der Waals surface area contributed by atoms with Crippen LogP contribution >= 0.6 is 0 Å². The summed E-state index contributed by atoms with van der Waals surface area (Å²) in [6.45, 7) is 6.86. The number of benzene rings is 1. The molecule has 0 bridgehead atoms. The molecule has 9 nitrogen and oxygen atoms in total. The van der Waals surface area contributed by atoms with Crippen LogP contribution in [0, 0.1) is 0 Å². The zero-order valence-electron chi connectivity index (χ0n) is 18.5. The standard InChI is InChI=1S/C22H32N4O5/c1-22(2,3)31-21(30)24-13-7-5-4-6-12-23-19(28)16-9-8-10-17(15-16)26-14-11-18(27)25-20(26)29/h8-10,15H,4-7,11-14H2,1-3H3,(H,23,28)(H,24,30)(H,25,27,29). The Kier molecular flexibility index (Phi) is 8.84. The molecule has 0 saturated carbocycles. The largest absolute Gasteiger partial charge is 0.444 e. The van der Waals surface area contributed by atoms with Gasteiger partial charge in [0.2, 0.25) is 5.91 Å². The first kappa shape index (κ1) is 24.2. The third kappa shape index (κ3) is 8.65. The van der Waals surface area contributed by atoms with Crippen molar-refractivity contribution in [2.24, 2.45) is 0 Å². The molecule has 1 aliphatic rings. The maximum absolute atomic E-state index is 12.4. The lowest BCUT2D eigenvalue weighted by Gasteiger charge is -2.26. The second-order valence-electron chi connectivity index (χ2n) is 8.40. The van der Waals surface area contributed by atoms with Crippen LogP contribution in [0.15, 0.2) is 24.3 Å². The van der Waals surface area contributed by atoms with Crippen LogP contribution in [0.2, 0.25) is 0 Å². The van der Waals surface area contributed by atoms with Gasteiger partial charge in [-0.25, -0.2) is 9.59 Å². The summed E-state index contributed by atoms with van der Waals surface area (Å²) in [5, 5.41) is 7.88. The number of unbranched alkanes of at least 4 members (excludes halogenated alkanes) is 3. The highest BCUT2D eigenvalue weighted by atomic mass is 16.6. The topological polar surface area (TPSA) is 117 Å². The van der Waals surface area contributed by atoms with Gasteiger partial charge in [-0.1, -0.05) is 18.9 Å². The Labute approximate surface area is 182 Å². The maximum Gasteiger partial charge on any atom is 0.407 e. The van der Waals surface area contributed by atoms with Gasteiger partial charge in [0.1, 0.15) is 5.60 Å². The van der Waals surface area contributed by atoms with Gasteiger partial charge in [-0.15, -0.1) is 0 Å². The van der Waals surface area contributed by atoms with Crippen LogP contribution in [0.25, 0.3) is 0 Å². The predicted molar refractivity (Wildman–Crippen MR) is 117 cm³/mol. The minimum atomic E-state index is -0.499. The van der Waals surface area contributed by atoms with Gasteiger partial charge in [-0.2, -0.15) is 0 Å². The molecule has 1 aromatic carbocycles. The minimum absolute atomic E-state index is 0.207. The number of alkyl carbamates (subject to hydrolysis) is 1. The number of urea groups is 1. The fourth-order valence-corrected chi connectivity index (χ4v) is 3.04. The van der Waals surface area contributed by atoms with Crippen molar-refractivity contribution >= 4 is 29.6 Å². The van der Waals surface area contributed by atoms with Crippen molar-refractivity contribution in [2.45, 2.75) is 58.5 Å². The molecule has 0 aliphatic carbocycles. The molecule has 0 atom stereocenters. The smallest absolute Gasteiger partial charge is 0.407 e. The Morgan fingerprint density at radius 2 is 1.74 bits per heavy atom. The number of carbonyl (C=O) groups is 4. The van der Waals surface area contributed by atoms with Gasteiger partial charge in [-0.05, 0) is 51.8 Å². The Balaban J connectivity index is 1.64. The van der Waals surface area contributed by atoms with E-state index >= 15 is 0 Å². The molecule has 1 aromatic rings. The summed E-state index contributed by atoms with van der Waals surface area (Å²) >= 11 is 0. The van der Waals surface area contributed by atoms with Crippen LogP contribution in [0.4, 0.5) is 15.3 Å². The van der Waals surface area contributed by atoms with E-state index in [4.69, 9.17) is 4.74 Å². The normalized spacial score (nSPS) is 14.1. The summed E-state index contributed by atoms with van der Waals surface area (Å²) < 4.78 is 5.17. The van der Waals surface area contributed by atoms with Crippen LogP contribution in [-0.4, -0.2) is 49.2 Å². The molecule has 5 amide bonds. The first-order chi connectivity index (χ1) is 14.7. The van der Waals surface area contributed by atoms with Crippen LogP contribution < -0.4 is 20.9 Å². The molecule has 1 heterocycles. The Hall–Kier alpha value is -3.10. The number of hydrogen-bond acceptors (Lipinski definition) is 5.